The van der Waals surface area contributed by atoms with Gasteiger partial charge in [-0.15, -0.1) is 0 Å². The summed E-state index contributed by atoms with van der Waals surface area (Å²) in [6.07, 6.45) is -0.873. The number of alkyl halides is 3. The Morgan fingerprint density at radius 2 is 1.66 bits per heavy atom. The maximum absolute atomic E-state index is 13.7. The van der Waals surface area contributed by atoms with Crippen LogP contribution < -0.4 is 15.4 Å². The summed E-state index contributed by atoms with van der Waals surface area (Å²) < 4.78 is 46.2. The van der Waals surface area contributed by atoms with Crippen LogP contribution in [0.4, 0.5) is 30.4 Å². The number of rotatable bonds is 7. The van der Waals surface area contributed by atoms with Crippen LogP contribution in [0.25, 0.3) is 11.4 Å². The van der Waals surface area contributed by atoms with E-state index in [1.54, 1.807) is 67.0 Å². The smallest absolute Gasteiger partial charge is 0.419 e. The Kier molecular flexibility index (Phi) is 6.91. The first-order valence-corrected chi connectivity index (χ1v) is 10.5. The van der Waals surface area contributed by atoms with Gasteiger partial charge in [-0.25, -0.2) is 15.0 Å². The van der Waals surface area contributed by atoms with Crippen LogP contribution in [0.3, 0.4) is 0 Å². The zero-order valence-corrected chi connectivity index (χ0v) is 18.5. The summed E-state index contributed by atoms with van der Waals surface area (Å²) in [6, 6.07) is 16.4. The predicted octanol–water partition coefficient (Wildman–Crippen LogP) is 5.49. The number of hydrogen-bond donors (Lipinski definition) is 2. The number of pyridine rings is 1. The van der Waals surface area contributed by atoms with Gasteiger partial charge in [0.15, 0.2) is 5.82 Å². The number of methoxy groups -OCH3 is 1. The lowest BCUT2D eigenvalue weighted by atomic mass is 10.1. The number of carbonyl (C=O) groups is 1. The van der Waals surface area contributed by atoms with Gasteiger partial charge >= 0.3 is 6.18 Å². The molecule has 0 aliphatic carbocycles. The van der Waals surface area contributed by atoms with Crippen molar-refractivity contribution < 1.29 is 22.7 Å². The molecule has 2 N–H and O–H groups in total. The Hall–Kier alpha value is -4.47. The molecule has 178 valence electrons. The van der Waals surface area contributed by atoms with E-state index in [-0.39, 0.29) is 17.9 Å². The van der Waals surface area contributed by atoms with E-state index in [0.29, 0.717) is 34.6 Å². The highest BCUT2D eigenvalue weighted by Gasteiger charge is 2.34. The molecule has 0 saturated carbocycles. The quantitative estimate of drug-likeness (QED) is 0.364. The highest BCUT2D eigenvalue weighted by Crippen LogP contribution is 2.38. The van der Waals surface area contributed by atoms with Gasteiger partial charge in [0.2, 0.25) is 5.91 Å². The summed E-state index contributed by atoms with van der Waals surface area (Å²) in [4.78, 5) is 24.6. The molecule has 0 spiro atoms. The molecular weight excluding hydrogens is 459 g/mol. The normalized spacial score (nSPS) is 11.1. The van der Waals surface area contributed by atoms with Crippen LogP contribution in [0, 0.1) is 0 Å². The van der Waals surface area contributed by atoms with Crippen LogP contribution in [-0.4, -0.2) is 28.0 Å². The van der Waals surface area contributed by atoms with Crippen LogP contribution in [0.15, 0.2) is 79.3 Å². The number of hydrogen-bond acceptors (Lipinski definition) is 6. The van der Waals surface area contributed by atoms with Gasteiger partial charge in [0, 0.05) is 35.9 Å². The Morgan fingerprint density at radius 3 is 2.34 bits per heavy atom. The number of benzene rings is 2. The van der Waals surface area contributed by atoms with Gasteiger partial charge in [-0.3, -0.25) is 4.79 Å². The number of carbonyl (C=O) groups excluding carboxylic acids is 1. The van der Waals surface area contributed by atoms with Crippen molar-refractivity contribution in [1.82, 2.24) is 15.0 Å². The van der Waals surface area contributed by atoms with E-state index in [1.807, 2.05) is 0 Å². The van der Waals surface area contributed by atoms with E-state index in [1.165, 1.54) is 7.11 Å². The third-order valence-corrected chi connectivity index (χ3v) is 5.00. The van der Waals surface area contributed by atoms with Crippen molar-refractivity contribution in [3.8, 4) is 17.1 Å². The molecule has 0 radical (unpaired) electrons. The van der Waals surface area contributed by atoms with Crippen molar-refractivity contribution in [2.24, 2.45) is 0 Å². The molecule has 0 bridgehead atoms. The van der Waals surface area contributed by atoms with Crippen LogP contribution in [0.2, 0.25) is 0 Å². The van der Waals surface area contributed by atoms with Gasteiger partial charge in [-0.05, 0) is 35.9 Å². The topological polar surface area (TPSA) is 89.0 Å². The number of amides is 1. The third-order valence-electron chi connectivity index (χ3n) is 5.00. The average molecular weight is 479 g/mol. The molecule has 0 atom stereocenters. The Morgan fingerprint density at radius 1 is 0.943 bits per heavy atom. The van der Waals surface area contributed by atoms with Crippen molar-refractivity contribution in [2.45, 2.75) is 12.6 Å². The maximum atomic E-state index is 13.7. The molecule has 4 rings (SSSR count). The lowest BCUT2D eigenvalue weighted by Crippen LogP contribution is -2.17. The molecule has 10 heteroatoms. The molecule has 0 fully saturated rings. The van der Waals surface area contributed by atoms with Gasteiger partial charge in [0.05, 0.1) is 24.8 Å². The van der Waals surface area contributed by atoms with Crippen molar-refractivity contribution in [1.29, 1.82) is 0 Å². The molecule has 2 aromatic heterocycles. The van der Waals surface area contributed by atoms with E-state index in [0.717, 1.165) is 6.07 Å². The van der Waals surface area contributed by atoms with Gasteiger partial charge in [-0.1, -0.05) is 24.3 Å². The number of nitrogens with one attached hydrogen (secondary N) is 2. The standard InChI is InChI=1S/C25H20F3N5O2/c1-35-17-9-7-16(8-10-17)13-23(34)33-22-14-21(19(15-31-22)25(26,27)28)32-20-6-3-2-5-18(20)24-29-11-4-12-30-24/h2-12,14-15H,13H2,1H3,(H2,31,32,33,34). The van der Waals surface area contributed by atoms with E-state index >= 15 is 0 Å². The number of para-hydroxylation sites is 1. The fourth-order valence-electron chi connectivity index (χ4n) is 3.34. The SMILES string of the molecule is COc1ccc(CC(=O)Nc2cc(Nc3ccccc3-c3ncccn3)c(C(F)(F)F)cn2)cc1. The minimum absolute atomic E-state index is 0.0175. The first-order chi connectivity index (χ1) is 16.8. The number of anilines is 3. The van der Waals surface area contributed by atoms with E-state index in [2.05, 4.69) is 25.6 Å². The van der Waals surface area contributed by atoms with Crippen molar-refractivity contribution in [3.05, 3.63) is 90.4 Å². The molecule has 0 aliphatic rings. The molecule has 35 heavy (non-hydrogen) atoms. The van der Waals surface area contributed by atoms with Gasteiger partial charge in [0.25, 0.3) is 0 Å². The van der Waals surface area contributed by atoms with Gasteiger partial charge in [0.1, 0.15) is 11.6 Å². The zero-order valence-electron chi connectivity index (χ0n) is 18.5. The fraction of sp³-hybridized carbons (Fsp3) is 0.120. The van der Waals surface area contributed by atoms with Crippen LogP contribution in [-0.2, 0) is 17.4 Å². The second-order valence-electron chi connectivity index (χ2n) is 7.43. The molecule has 0 unspecified atom stereocenters. The first kappa shape index (κ1) is 23.7. The van der Waals surface area contributed by atoms with Gasteiger partial charge < -0.3 is 15.4 Å². The molecule has 7 nitrogen and oxygen atoms in total. The molecular formula is C25H20F3N5O2. The fourth-order valence-corrected chi connectivity index (χ4v) is 3.34. The summed E-state index contributed by atoms with van der Waals surface area (Å²) in [6.45, 7) is 0. The highest BCUT2D eigenvalue weighted by molar-refractivity contribution is 5.92. The molecule has 0 saturated heterocycles. The maximum Gasteiger partial charge on any atom is 0.419 e. The van der Waals surface area contributed by atoms with E-state index in [4.69, 9.17) is 4.74 Å². The van der Waals surface area contributed by atoms with Crippen molar-refractivity contribution in [2.75, 3.05) is 17.7 Å². The first-order valence-electron chi connectivity index (χ1n) is 10.5. The largest absolute Gasteiger partial charge is 0.497 e. The summed E-state index contributed by atoms with van der Waals surface area (Å²) in [5.74, 6) is 0.556. The lowest BCUT2D eigenvalue weighted by Gasteiger charge is -2.17. The molecule has 2 heterocycles. The summed E-state index contributed by atoms with van der Waals surface area (Å²) in [5, 5.41) is 5.37. The minimum Gasteiger partial charge on any atom is -0.497 e. The Balaban J connectivity index is 1.60. The van der Waals surface area contributed by atoms with E-state index in [9.17, 15) is 18.0 Å². The predicted molar refractivity (Wildman–Crippen MR) is 125 cm³/mol. The summed E-state index contributed by atoms with van der Waals surface area (Å²) >= 11 is 0. The van der Waals surface area contributed by atoms with Crippen LogP contribution in [0.5, 0.6) is 5.75 Å². The lowest BCUT2D eigenvalue weighted by molar-refractivity contribution is -0.137. The number of ether oxygens (including phenoxy) is 1. The van der Waals surface area contributed by atoms with Gasteiger partial charge in [-0.2, -0.15) is 13.2 Å². The molecule has 0 aliphatic heterocycles. The highest BCUT2D eigenvalue weighted by atomic mass is 19.4. The zero-order chi connectivity index (χ0) is 24.8. The van der Waals surface area contributed by atoms with Crippen LogP contribution in [0.1, 0.15) is 11.1 Å². The molecule has 4 aromatic rings. The van der Waals surface area contributed by atoms with E-state index < -0.39 is 17.6 Å². The summed E-state index contributed by atoms with van der Waals surface area (Å²) in [5.41, 5.74) is 0.351. The van der Waals surface area contributed by atoms with Crippen molar-refractivity contribution in [3.63, 3.8) is 0 Å². The number of halogens is 3. The second-order valence-corrected chi connectivity index (χ2v) is 7.43. The number of nitrogens with zero attached hydrogens (tertiary/aromatic N) is 3. The minimum atomic E-state index is -4.67. The summed E-state index contributed by atoms with van der Waals surface area (Å²) in [7, 11) is 1.54. The Labute approximate surface area is 199 Å². The second kappa shape index (κ2) is 10.2. The Bertz CT molecular complexity index is 1310. The number of aromatic nitrogens is 3. The van der Waals surface area contributed by atoms with Crippen LogP contribution >= 0.6 is 0 Å². The third kappa shape index (κ3) is 5.91. The molecule has 2 aromatic carbocycles. The monoisotopic (exact) mass is 479 g/mol. The average Bonchev–Trinajstić information content (AvgIpc) is 2.85. The molecule has 1 amide bonds. The van der Waals surface area contributed by atoms with Crippen molar-refractivity contribution >= 4 is 23.1 Å².